The highest BCUT2D eigenvalue weighted by Gasteiger charge is 2.28. The van der Waals surface area contributed by atoms with Crippen molar-refractivity contribution >= 4 is 17.1 Å². The van der Waals surface area contributed by atoms with Crippen LogP contribution in [0.5, 0.6) is 0 Å². The monoisotopic (exact) mass is 251 g/mol. The van der Waals surface area contributed by atoms with Crippen molar-refractivity contribution in [2.24, 2.45) is 5.92 Å². The summed E-state index contributed by atoms with van der Waals surface area (Å²) in [5.74, 6) is 0.158. The first kappa shape index (κ1) is 12.6. The van der Waals surface area contributed by atoms with Crippen LogP contribution >= 0.6 is 0 Å². The SMILES string of the molecule is Nc1cccc(NC2CCCC2CO)c1[N+](=O)[O-]. The van der Waals surface area contributed by atoms with Crippen LogP contribution in [0.4, 0.5) is 17.1 Å². The number of hydrogen-bond acceptors (Lipinski definition) is 5. The fourth-order valence-electron chi connectivity index (χ4n) is 2.53. The number of nitrogens with one attached hydrogen (secondary N) is 1. The molecule has 0 spiro atoms. The van der Waals surface area contributed by atoms with Crippen LogP contribution in [0, 0.1) is 16.0 Å². The van der Waals surface area contributed by atoms with Crippen LogP contribution in [0.1, 0.15) is 19.3 Å². The maximum atomic E-state index is 11.0. The van der Waals surface area contributed by atoms with Gasteiger partial charge in [-0.25, -0.2) is 0 Å². The number of anilines is 2. The van der Waals surface area contributed by atoms with Gasteiger partial charge in [-0.3, -0.25) is 10.1 Å². The highest BCUT2D eigenvalue weighted by molar-refractivity contribution is 5.74. The predicted octanol–water partition coefficient (Wildman–Crippen LogP) is 1.75. The Kier molecular flexibility index (Phi) is 3.66. The third-order valence-corrected chi connectivity index (χ3v) is 3.48. The fourth-order valence-corrected chi connectivity index (χ4v) is 2.53. The summed E-state index contributed by atoms with van der Waals surface area (Å²) in [6.07, 6.45) is 2.89. The lowest BCUT2D eigenvalue weighted by Gasteiger charge is -2.20. The van der Waals surface area contributed by atoms with Gasteiger partial charge in [0.05, 0.1) is 4.92 Å². The van der Waals surface area contributed by atoms with Crippen LogP contribution in [0.15, 0.2) is 18.2 Å². The van der Waals surface area contributed by atoms with Crippen molar-refractivity contribution < 1.29 is 10.0 Å². The molecule has 0 aromatic heterocycles. The summed E-state index contributed by atoms with van der Waals surface area (Å²) in [6, 6.07) is 4.94. The molecule has 1 aliphatic rings. The summed E-state index contributed by atoms with van der Waals surface area (Å²) in [4.78, 5) is 10.5. The number of benzene rings is 1. The zero-order valence-electron chi connectivity index (χ0n) is 10.0. The molecule has 1 fully saturated rings. The molecule has 2 atom stereocenters. The van der Waals surface area contributed by atoms with Crippen molar-refractivity contribution in [2.75, 3.05) is 17.7 Å². The van der Waals surface area contributed by atoms with Crippen molar-refractivity contribution in [2.45, 2.75) is 25.3 Å². The number of nitro groups is 1. The average Bonchev–Trinajstić information content (AvgIpc) is 2.76. The molecule has 2 unspecified atom stereocenters. The Labute approximate surface area is 105 Å². The van der Waals surface area contributed by atoms with Crippen molar-refractivity contribution in [3.8, 4) is 0 Å². The van der Waals surface area contributed by atoms with E-state index in [9.17, 15) is 15.2 Å². The summed E-state index contributed by atoms with van der Waals surface area (Å²) in [6.45, 7) is 0.105. The minimum atomic E-state index is -0.472. The standard InChI is InChI=1S/C12H17N3O3/c13-9-4-2-6-11(12(9)15(17)18)14-10-5-1-3-8(10)7-16/h2,4,6,8,10,14,16H,1,3,5,7,13H2. The minimum Gasteiger partial charge on any atom is -0.396 e. The average molecular weight is 251 g/mol. The van der Waals surface area contributed by atoms with Gasteiger partial charge < -0.3 is 16.2 Å². The van der Waals surface area contributed by atoms with Gasteiger partial charge in [-0.05, 0) is 25.0 Å². The summed E-state index contributed by atoms with van der Waals surface area (Å²) < 4.78 is 0. The lowest BCUT2D eigenvalue weighted by molar-refractivity contribution is -0.383. The van der Waals surface area contributed by atoms with Gasteiger partial charge in [0.15, 0.2) is 0 Å². The molecular weight excluding hydrogens is 234 g/mol. The highest BCUT2D eigenvalue weighted by Crippen LogP contribution is 2.34. The Balaban J connectivity index is 2.23. The van der Waals surface area contributed by atoms with Crippen molar-refractivity contribution in [1.82, 2.24) is 0 Å². The molecule has 1 aromatic carbocycles. The van der Waals surface area contributed by atoms with Crippen LogP contribution in [0.25, 0.3) is 0 Å². The largest absolute Gasteiger partial charge is 0.396 e. The van der Waals surface area contributed by atoms with Crippen LogP contribution in [-0.2, 0) is 0 Å². The number of nitrogens with zero attached hydrogens (tertiary/aromatic N) is 1. The molecule has 0 bridgehead atoms. The lowest BCUT2D eigenvalue weighted by atomic mass is 10.0. The number of para-hydroxylation sites is 1. The van der Waals surface area contributed by atoms with Crippen molar-refractivity contribution in [3.05, 3.63) is 28.3 Å². The van der Waals surface area contributed by atoms with E-state index in [1.807, 2.05) is 0 Å². The molecule has 1 aliphatic carbocycles. The number of rotatable bonds is 4. The maximum Gasteiger partial charge on any atom is 0.314 e. The Morgan fingerprint density at radius 2 is 2.28 bits per heavy atom. The number of nitrogens with two attached hydrogens (primary N) is 1. The van der Waals surface area contributed by atoms with Gasteiger partial charge in [0.1, 0.15) is 11.4 Å². The molecule has 6 heteroatoms. The fraction of sp³-hybridized carbons (Fsp3) is 0.500. The van der Waals surface area contributed by atoms with E-state index in [-0.39, 0.29) is 29.9 Å². The molecule has 0 radical (unpaired) electrons. The molecule has 0 amide bonds. The second-order valence-electron chi connectivity index (χ2n) is 4.62. The van der Waals surface area contributed by atoms with E-state index >= 15 is 0 Å². The highest BCUT2D eigenvalue weighted by atomic mass is 16.6. The van der Waals surface area contributed by atoms with Crippen LogP contribution in [0.2, 0.25) is 0 Å². The van der Waals surface area contributed by atoms with E-state index in [1.54, 1.807) is 12.1 Å². The molecule has 2 rings (SSSR count). The predicted molar refractivity (Wildman–Crippen MR) is 69.3 cm³/mol. The number of nitro benzene ring substituents is 1. The topological polar surface area (TPSA) is 101 Å². The van der Waals surface area contributed by atoms with Crippen LogP contribution in [0.3, 0.4) is 0 Å². The van der Waals surface area contributed by atoms with E-state index in [0.717, 1.165) is 19.3 Å². The second-order valence-corrected chi connectivity index (χ2v) is 4.62. The van der Waals surface area contributed by atoms with Crippen molar-refractivity contribution in [3.63, 3.8) is 0 Å². The molecule has 98 valence electrons. The molecule has 18 heavy (non-hydrogen) atoms. The van der Waals surface area contributed by atoms with Crippen molar-refractivity contribution in [1.29, 1.82) is 0 Å². The quantitative estimate of drug-likeness (QED) is 0.430. The summed E-state index contributed by atoms with van der Waals surface area (Å²) >= 11 is 0. The van der Waals surface area contributed by atoms with Gasteiger partial charge in [-0.1, -0.05) is 12.5 Å². The second kappa shape index (κ2) is 5.22. The normalized spacial score (nSPS) is 22.9. The molecule has 0 saturated heterocycles. The van der Waals surface area contributed by atoms with E-state index in [0.29, 0.717) is 5.69 Å². The van der Waals surface area contributed by atoms with Gasteiger partial charge in [0, 0.05) is 18.6 Å². The molecule has 1 saturated carbocycles. The number of aliphatic hydroxyl groups is 1. The molecular formula is C12H17N3O3. The third kappa shape index (κ3) is 2.38. The van der Waals surface area contributed by atoms with Gasteiger partial charge >= 0.3 is 5.69 Å². The van der Waals surface area contributed by atoms with E-state index in [4.69, 9.17) is 5.73 Å². The third-order valence-electron chi connectivity index (χ3n) is 3.48. The Morgan fingerprint density at radius 3 is 2.94 bits per heavy atom. The Hall–Kier alpha value is -1.82. The van der Waals surface area contributed by atoms with Crippen LogP contribution in [-0.4, -0.2) is 22.7 Å². The van der Waals surface area contributed by atoms with Gasteiger partial charge in [-0.15, -0.1) is 0 Å². The molecule has 6 nitrogen and oxygen atoms in total. The van der Waals surface area contributed by atoms with E-state index < -0.39 is 4.92 Å². The number of hydrogen-bond donors (Lipinski definition) is 3. The van der Waals surface area contributed by atoms with Crippen LogP contribution < -0.4 is 11.1 Å². The first-order valence-electron chi connectivity index (χ1n) is 6.03. The van der Waals surface area contributed by atoms with E-state index in [1.165, 1.54) is 6.07 Å². The summed E-state index contributed by atoms with van der Waals surface area (Å²) in [5.41, 5.74) is 6.14. The zero-order valence-corrected chi connectivity index (χ0v) is 10.0. The Bertz CT molecular complexity index is 450. The first-order valence-corrected chi connectivity index (χ1v) is 6.03. The maximum absolute atomic E-state index is 11.0. The molecule has 0 aliphatic heterocycles. The van der Waals surface area contributed by atoms with Gasteiger partial charge in [0.25, 0.3) is 0 Å². The molecule has 0 heterocycles. The molecule has 4 N–H and O–H groups in total. The first-order chi connectivity index (χ1) is 8.63. The lowest BCUT2D eigenvalue weighted by Crippen LogP contribution is -2.26. The number of nitrogen functional groups attached to an aromatic ring is 1. The smallest absolute Gasteiger partial charge is 0.314 e. The minimum absolute atomic E-state index is 0.0792. The Morgan fingerprint density at radius 1 is 1.50 bits per heavy atom. The zero-order chi connectivity index (χ0) is 13.1. The number of aliphatic hydroxyl groups excluding tert-OH is 1. The van der Waals surface area contributed by atoms with Gasteiger partial charge in [-0.2, -0.15) is 0 Å². The van der Waals surface area contributed by atoms with E-state index in [2.05, 4.69) is 5.32 Å². The molecule has 1 aromatic rings. The van der Waals surface area contributed by atoms with Gasteiger partial charge in [0.2, 0.25) is 0 Å². The summed E-state index contributed by atoms with van der Waals surface area (Å²) in [7, 11) is 0. The summed E-state index contributed by atoms with van der Waals surface area (Å²) in [5, 5.41) is 23.4.